The van der Waals surface area contributed by atoms with Gasteiger partial charge in [-0.2, -0.15) is 5.10 Å². The molecule has 80 valence electrons. The number of imidazole rings is 1. The number of aromatic nitrogens is 4. The van der Waals surface area contributed by atoms with Crippen molar-refractivity contribution >= 4 is 0 Å². The van der Waals surface area contributed by atoms with E-state index in [9.17, 15) is 0 Å². The van der Waals surface area contributed by atoms with Crippen molar-refractivity contribution in [3.63, 3.8) is 0 Å². The molecule has 0 fully saturated rings. The van der Waals surface area contributed by atoms with Gasteiger partial charge < -0.3 is 10.3 Å². The normalized spacial score (nSPS) is 12.9. The van der Waals surface area contributed by atoms with E-state index in [1.165, 1.54) is 0 Å². The van der Waals surface area contributed by atoms with E-state index in [4.69, 9.17) is 0 Å². The molecule has 0 bridgehead atoms. The van der Waals surface area contributed by atoms with Crippen LogP contribution in [0.25, 0.3) is 0 Å². The van der Waals surface area contributed by atoms with Crippen LogP contribution in [-0.2, 0) is 13.1 Å². The molecule has 0 spiro atoms. The molecule has 0 aliphatic rings. The Hall–Kier alpha value is -1.62. The standard InChI is InChI=1S/C10H15N5/c1-9(7-15-4-2-3-14-15)12-6-10-5-11-8-13-10/h2-5,8-9,12H,6-7H2,1H3,(H,11,13). The Morgan fingerprint density at radius 3 is 3.20 bits per heavy atom. The predicted octanol–water partition coefficient (Wildman–Crippen LogP) is 0.784. The molecule has 0 aliphatic carbocycles. The summed E-state index contributed by atoms with van der Waals surface area (Å²) in [6.07, 6.45) is 7.28. The number of nitrogens with one attached hydrogen (secondary N) is 2. The van der Waals surface area contributed by atoms with Gasteiger partial charge in [0.2, 0.25) is 0 Å². The topological polar surface area (TPSA) is 58.5 Å². The van der Waals surface area contributed by atoms with Gasteiger partial charge in [-0.05, 0) is 13.0 Å². The van der Waals surface area contributed by atoms with E-state index in [-0.39, 0.29) is 0 Å². The fraction of sp³-hybridized carbons (Fsp3) is 0.400. The lowest BCUT2D eigenvalue weighted by molar-refractivity contribution is 0.449. The molecule has 1 unspecified atom stereocenters. The van der Waals surface area contributed by atoms with E-state index in [2.05, 4.69) is 27.3 Å². The van der Waals surface area contributed by atoms with Gasteiger partial charge >= 0.3 is 0 Å². The monoisotopic (exact) mass is 205 g/mol. The van der Waals surface area contributed by atoms with Crippen molar-refractivity contribution in [3.05, 3.63) is 36.7 Å². The quantitative estimate of drug-likeness (QED) is 0.758. The summed E-state index contributed by atoms with van der Waals surface area (Å²) in [5.74, 6) is 0. The number of H-pyrrole nitrogens is 1. The number of hydrogen-bond donors (Lipinski definition) is 2. The first kappa shape index (κ1) is 9.92. The highest BCUT2D eigenvalue weighted by molar-refractivity contribution is 4.93. The average molecular weight is 205 g/mol. The van der Waals surface area contributed by atoms with E-state index >= 15 is 0 Å². The van der Waals surface area contributed by atoms with E-state index < -0.39 is 0 Å². The molecule has 0 radical (unpaired) electrons. The maximum absolute atomic E-state index is 4.16. The van der Waals surface area contributed by atoms with Crippen LogP contribution >= 0.6 is 0 Å². The van der Waals surface area contributed by atoms with Crippen molar-refractivity contribution in [2.45, 2.75) is 26.1 Å². The zero-order valence-corrected chi connectivity index (χ0v) is 8.72. The van der Waals surface area contributed by atoms with Crippen molar-refractivity contribution in [1.29, 1.82) is 0 Å². The van der Waals surface area contributed by atoms with Crippen molar-refractivity contribution in [1.82, 2.24) is 25.1 Å². The van der Waals surface area contributed by atoms with Gasteiger partial charge in [-0.3, -0.25) is 4.68 Å². The van der Waals surface area contributed by atoms with Crippen LogP contribution in [0.1, 0.15) is 12.6 Å². The highest BCUT2D eigenvalue weighted by Gasteiger charge is 2.02. The summed E-state index contributed by atoms with van der Waals surface area (Å²) in [6, 6.07) is 2.31. The smallest absolute Gasteiger partial charge is 0.0922 e. The first-order valence-corrected chi connectivity index (χ1v) is 5.02. The molecule has 5 nitrogen and oxygen atoms in total. The number of aromatic amines is 1. The molecular formula is C10H15N5. The van der Waals surface area contributed by atoms with Gasteiger partial charge in [-0.1, -0.05) is 0 Å². The van der Waals surface area contributed by atoms with Gasteiger partial charge in [-0.15, -0.1) is 0 Å². The Labute approximate surface area is 88.5 Å². The summed E-state index contributed by atoms with van der Waals surface area (Å²) >= 11 is 0. The van der Waals surface area contributed by atoms with Crippen LogP contribution in [0.4, 0.5) is 0 Å². The summed E-state index contributed by atoms with van der Waals surface area (Å²) in [7, 11) is 0. The predicted molar refractivity (Wildman–Crippen MR) is 57.1 cm³/mol. The summed E-state index contributed by atoms with van der Waals surface area (Å²) in [4.78, 5) is 7.02. The van der Waals surface area contributed by atoms with E-state index in [0.717, 1.165) is 18.8 Å². The van der Waals surface area contributed by atoms with Gasteiger partial charge in [0.1, 0.15) is 0 Å². The molecule has 2 aromatic rings. The Kier molecular flexibility index (Phi) is 3.14. The Morgan fingerprint density at radius 2 is 2.53 bits per heavy atom. The van der Waals surface area contributed by atoms with E-state index in [0.29, 0.717) is 6.04 Å². The Bertz CT molecular complexity index is 364. The minimum Gasteiger partial charge on any atom is -0.347 e. The second-order valence-electron chi connectivity index (χ2n) is 3.59. The molecule has 2 aromatic heterocycles. The average Bonchev–Trinajstić information content (AvgIpc) is 2.86. The lowest BCUT2D eigenvalue weighted by atomic mass is 10.3. The maximum Gasteiger partial charge on any atom is 0.0922 e. The fourth-order valence-electron chi connectivity index (χ4n) is 1.42. The largest absolute Gasteiger partial charge is 0.347 e. The first-order chi connectivity index (χ1) is 7.34. The molecule has 0 aliphatic heterocycles. The molecule has 1 atom stereocenters. The van der Waals surface area contributed by atoms with Crippen LogP contribution < -0.4 is 5.32 Å². The van der Waals surface area contributed by atoms with Crippen LogP contribution in [-0.4, -0.2) is 25.8 Å². The molecule has 15 heavy (non-hydrogen) atoms. The molecule has 0 saturated carbocycles. The number of rotatable bonds is 5. The third-order valence-electron chi connectivity index (χ3n) is 2.22. The van der Waals surface area contributed by atoms with Gasteiger partial charge in [0.05, 0.1) is 12.9 Å². The van der Waals surface area contributed by atoms with Gasteiger partial charge in [0.25, 0.3) is 0 Å². The summed E-state index contributed by atoms with van der Waals surface area (Å²) in [6.45, 7) is 3.82. The third-order valence-corrected chi connectivity index (χ3v) is 2.22. The molecule has 0 amide bonds. The summed E-state index contributed by atoms with van der Waals surface area (Å²) < 4.78 is 1.92. The van der Waals surface area contributed by atoms with Gasteiger partial charge in [0.15, 0.2) is 0 Å². The zero-order chi connectivity index (χ0) is 10.5. The Balaban J connectivity index is 1.76. The molecule has 2 N–H and O–H groups in total. The van der Waals surface area contributed by atoms with Crippen LogP contribution in [0.2, 0.25) is 0 Å². The van der Waals surface area contributed by atoms with Crippen molar-refractivity contribution < 1.29 is 0 Å². The lowest BCUT2D eigenvalue weighted by Gasteiger charge is -2.12. The molecular weight excluding hydrogens is 190 g/mol. The highest BCUT2D eigenvalue weighted by Crippen LogP contribution is 1.94. The van der Waals surface area contributed by atoms with Gasteiger partial charge in [-0.25, -0.2) is 4.98 Å². The van der Waals surface area contributed by atoms with Crippen LogP contribution in [0.3, 0.4) is 0 Å². The van der Waals surface area contributed by atoms with Crippen molar-refractivity contribution in [2.24, 2.45) is 0 Å². The van der Waals surface area contributed by atoms with E-state index in [1.54, 1.807) is 12.5 Å². The lowest BCUT2D eigenvalue weighted by Crippen LogP contribution is -2.30. The molecule has 5 heteroatoms. The molecule has 0 aromatic carbocycles. The van der Waals surface area contributed by atoms with Gasteiger partial charge in [0, 0.05) is 36.9 Å². The van der Waals surface area contributed by atoms with Crippen molar-refractivity contribution in [2.75, 3.05) is 0 Å². The van der Waals surface area contributed by atoms with Crippen LogP contribution in [0.5, 0.6) is 0 Å². The minimum atomic E-state index is 0.383. The highest BCUT2D eigenvalue weighted by atomic mass is 15.3. The third kappa shape index (κ3) is 2.92. The molecule has 2 rings (SSSR count). The number of nitrogens with zero attached hydrogens (tertiary/aromatic N) is 3. The van der Waals surface area contributed by atoms with E-state index in [1.807, 2.05) is 23.1 Å². The Morgan fingerprint density at radius 1 is 1.60 bits per heavy atom. The van der Waals surface area contributed by atoms with Crippen LogP contribution in [0, 0.1) is 0 Å². The molecule has 2 heterocycles. The summed E-state index contributed by atoms with van der Waals surface area (Å²) in [5.41, 5.74) is 1.10. The maximum atomic E-state index is 4.16. The second-order valence-corrected chi connectivity index (χ2v) is 3.59. The number of hydrogen-bond acceptors (Lipinski definition) is 3. The first-order valence-electron chi connectivity index (χ1n) is 5.02. The van der Waals surface area contributed by atoms with Crippen LogP contribution in [0.15, 0.2) is 31.0 Å². The SMILES string of the molecule is CC(Cn1cccn1)NCc1cnc[nH]1. The zero-order valence-electron chi connectivity index (χ0n) is 8.72. The summed E-state index contributed by atoms with van der Waals surface area (Å²) in [5, 5.41) is 7.55. The molecule has 0 saturated heterocycles. The minimum absolute atomic E-state index is 0.383. The second kappa shape index (κ2) is 4.75. The van der Waals surface area contributed by atoms with Crippen molar-refractivity contribution in [3.8, 4) is 0 Å². The fourth-order valence-corrected chi connectivity index (χ4v) is 1.42.